The molecule has 190 valence electrons. The average molecular weight is 519 g/mol. The van der Waals surface area contributed by atoms with Crippen molar-refractivity contribution in [3.05, 3.63) is 64.7 Å². The summed E-state index contributed by atoms with van der Waals surface area (Å²) in [6, 6.07) is 13.0. The number of anilines is 2. The second-order valence-electron chi connectivity index (χ2n) is 8.96. The Morgan fingerprint density at radius 1 is 1.08 bits per heavy atom. The molecular weight excluding hydrogens is 493 g/mol. The lowest BCUT2D eigenvalue weighted by atomic mass is 9.68. The van der Waals surface area contributed by atoms with E-state index < -0.39 is 23.1 Å². The van der Waals surface area contributed by atoms with E-state index in [0.717, 1.165) is 11.6 Å². The molecule has 36 heavy (non-hydrogen) atoms. The number of primary amides is 1. The molecule has 0 bridgehead atoms. The monoisotopic (exact) mass is 518 g/mol. The number of nitrogens with one attached hydrogen (secondary N) is 2. The summed E-state index contributed by atoms with van der Waals surface area (Å²) in [5.74, 6) is 0.674. The molecule has 0 spiro atoms. The fraction of sp³-hybridized carbons (Fsp3) is 0.360. The summed E-state index contributed by atoms with van der Waals surface area (Å²) in [6.07, 6.45) is -3.00. The lowest BCUT2D eigenvalue weighted by molar-refractivity contribution is -0.139. The molecular formula is C25H26ClF3N6O. The summed E-state index contributed by atoms with van der Waals surface area (Å²) >= 11 is 5.81. The Balaban J connectivity index is 1.52. The minimum absolute atomic E-state index is 0.0136. The molecule has 4 N–H and O–H groups in total. The highest BCUT2D eigenvalue weighted by Crippen LogP contribution is 2.43. The van der Waals surface area contributed by atoms with Gasteiger partial charge in [0.25, 0.3) is 0 Å². The van der Waals surface area contributed by atoms with E-state index in [2.05, 4.69) is 25.6 Å². The standard InChI is InChI=1S/C25H26ClF3N6O/c1-31-22-33-20(15-5-3-2-4-6-15)34-23(35-22)32-18-9-11-24(12-10-18,21(30)36)14-16-7-8-17(26)13-19(16)25(27,28)29/h2-8,13,18H,9-12,14H2,1H3,(H2,30,36)(H2,31,32,33,34,35). The molecule has 0 saturated heterocycles. The largest absolute Gasteiger partial charge is 0.416 e. The van der Waals surface area contributed by atoms with Crippen molar-refractivity contribution in [2.45, 2.75) is 44.3 Å². The average Bonchev–Trinajstić information content (AvgIpc) is 2.86. The van der Waals surface area contributed by atoms with Gasteiger partial charge in [-0.2, -0.15) is 28.1 Å². The van der Waals surface area contributed by atoms with Crippen molar-refractivity contribution in [1.29, 1.82) is 0 Å². The van der Waals surface area contributed by atoms with Crippen molar-refractivity contribution < 1.29 is 18.0 Å². The van der Waals surface area contributed by atoms with Crippen LogP contribution < -0.4 is 16.4 Å². The van der Waals surface area contributed by atoms with Crippen LogP contribution in [0.15, 0.2) is 48.5 Å². The number of carbonyl (C=O) groups is 1. The summed E-state index contributed by atoms with van der Waals surface area (Å²) in [7, 11) is 1.71. The van der Waals surface area contributed by atoms with Crippen molar-refractivity contribution >= 4 is 29.4 Å². The predicted octanol–water partition coefficient (Wildman–Crippen LogP) is 5.32. The zero-order valence-electron chi connectivity index (χ0n) is 19.6. The van der Waals surface area contributed by atoms with E-state index in [4.69, 9.17) is 17.3 Å². The van der Waals surface area contributed by atoms with E-state index in [0.29, 0.717) is 43.4 Å². The molecule has 1 heterocycles. The van der Waals surface area contributed by atoms with E-state index >= 15 is 0 Å². The first-order valence-corrected chi connectivity index (χ1v) is 11.9. The first-order valence-electron chi connectivity index (χ1n) is 11.5. The molecule has 1 aliphatic rings. The number of nitrogens with two attached hydrogens (primary N) is 1. The minimum Gasteiger partial charge on any atom is -0.369 e. The van der Waals surface area contributed by atoms with Crippen molar-refractivity contribution in [3.8, 4) is 11.4 Å². The van der Waals surface area contributed by atoms with Crippen LogP contribution in [-0.4, -0.2) is 33.9 Å². The molecule has 0 radical (unpaired) electrons. The number of alkyl halides is 3. The number of nitrogens with zero attached hydrogens (tertiary/aromatic N) is 3. The van der Waals surface area contributed by atoms with Gasteiger partial charge in [-0.3, -0.25) is 4.79 Å². The highest BCUT2D eigenvalue weighted by molar-refractivity contribution is 6.30. The van der Waals surface area contributed by atoms with E-state index in [1.54, 1.807) is 7.05 Å². The van der Waals surface area contributed by atoms with E-state index in [1.807, 2.05) is 30.3 Å². The van der Waals surface area contributed by atoms with Gasteiger partial charge in [-0.1, -0.05) is 48.0 Å². The lowest BCUT2D eigenvalue weighted by Crippen LogP contribution is -2.44. The Kier molecular flexibility index (Phi) is 7.35. The normalized spacial score (nSPS) is 20.1. The Morgan fingerprint density at radius 2 is 1.75 bits per heavy atom. The van der Waals surface area contributed by atoms with Gasteiger partial charge >= 0.3 is 6.18 Å². The van der Waals surface area contributed by atoms with Gasteiger partial charge in [0.15, 0.2) is 5.82 Å². The molecule has 3 aromatic rings. The second-order valence-corrected chi connectivity index (χ2v) is 9.40. The Hall–Kier alpha value is -3.40. The van der Waals surface area contributed by atoms with Crippen LogP contribution >= 0.6 is 11.6 Å². The highest BCUT2D eigenvalue weighted by Gasteiger charge is 2.43. The number of hydrogen-bond donors (Lipinski definition) is 3. The van der Waals surface area contributed by atoms with Crippen molar-refractivity contribution in [1.82, 2.24) is 15.0 Å². The molecule has 1 fully saturated rings. The van der Waals surface area contributed by atoms with Gasteiger partial charge in [0.2, 0.25) is 17.8 Å². The number of carbonyl (C=O) groups excluding carboxylic acids is 1. The smallest absolute Gasteiger partial charge is 0.369 e. The Bertz CT molecular complexity index is 1230. The molecule has 0 aliphatic heterocycles. The third-order valence-corrected chi connectivity index (χ3v) is 6.83. The number of rotatable bonds is 7. The molecule has 0 unspecified atom stereocenters. The van der Waals surface area contributed by atoms with Crippen molar-refractivity contribution in [2.24, 2.45) is 11.1 Å². The highest BCUT2D eigenvalue weighted by atomic mass is 35.5. The lowest BCUT2D eigenvalue weighted by Gasteiger charge is -2.38. The Morgan fingerprint density at radius 3 is 2.36 bits per heavy atom. The molecule has 1 aliphatic carbocycles. The number of amides is 1. The zero-order valence-corrected chi connectivity index (χ0v) is 20.3. The fourth-order valence-corrected chi connectivity index (χ4v) is 4.78. The molecule has 4 rings (SSSR count). The molecule has 1 amide bonds. The first-order chi connectivity index (χ1) is 17.1. The van der Waals surface area contributed by atoms with Crippen LogP contribution in [0.3, 0.4) is 0 Å². The van der Waals surface area contributed by atoms with Crippen LogP contribution in [-0.2, 0) is 17.4 Å². The number of halogens is 4. The molecule has 2 aromatic carbocycles. The molecule has 0 atom stereocenters. The van der Waals surface area contributed by atoms with Gasteiger partial charge < -0.3 is 16.4 Å². The van der Waals surface area contributed by atoms with Crippen LogP contribution in [0.25, 0.3) is 11.4 Å². The van der Waals surface area contributed by atoms with Crippen LogP contribution in [0.1, 0.15) is 36.8 Å². The van der Waals surface area contributed by atoms with Crippen LogP contribution in [0.4, 0.5) is 25.1 Å². The summed E-state index contributed by atoms with van der Waals surface area (Å²) < 4.78 is 40.9. The maximum Gasteiger partial charge on any atom is 0.416 e. The SMILES string of the molecule is CNc1nc(NC2CCC(Cc3ccc(Cl)cc3C(F)(F)F)(C(N)=O)CC2)nc(-c2ccccc2)n1. The Labute approximate surface area is 211 Å². The number of benzene rings is 2. The number of hydrogen-bond acceptors (Lipinski definition) is 6. The third kappa shape index (κ3) is 5.70. The topological polar surface area (TPSA) is 106 Å². The summed E-state index contributed by atoms with van der Waals surface area (Å²) in [5.41, 5.74) is 4.67. The summed E-state index contributed by atoms with van der Waals surface area (Å²) in [4.78, 5) is 25.8. The third-order valence-electron chi connectivity index (χ3n) is 6.60. The zero-order chi connectivity index (χ0) is 25.9. The predicted molar refractivity (Wildman–Crippen MR) is 132 cm³/mol. The minimum atomic E-state index is -4.59. The fourth-order valence-electron chi connectivity index (χ4n) is 4.61. The van der Waals surface area contributed by atoms with Crippen molar-refractivity contribution in [2.75, 3.05) is 17.7 Å². The van der Waals surface area contributed by atoms with E-state index in [1.165, 1.54) is 12.1 Å². The molecule has 1 aromatic heterocycles. The van der Waals surface area contributed by atoms with Gasteiger partial charge in [0.1, 0.15) is 0 Å². The second kappa shape index (κ2) is 10.3. The molecule has 11 heteroatoms. The van der Waals surface area contributed by atoms with Gasteiger partial charge in [-0.15, -0.1) is 0 Å². The summed E-state index contributed by atoms with van der Waals surface area (Å²) in [6.45, 7) is 0. The van der Waals surface area contributed by atoms with Crippen LogP contribution in [0, 0.1) is 5.41 Å². The van der Waals surface area contributed by atoms with Gasteiger partial charge in [-0.25, -0.2) is 0 Å². The summed E-state index contributed by atoms with van der Waals surface area (Å²) in [5, 5.41) is 6.21. The number of aromatic nitrogens is 3. The molecule has 7 nitrogen and oxygen atoms in total. The van der Waals surface area contributed by atoms with Gasteiger partial charge in [0, 0.05) is 23.7 Å². The molecule has 1 saturated carbocycles. The van der Waals surface area contributed by atoms with Gasteiger partial charge in [-0.05, 0) is 49.8 Å². The van der Waals surface area contributed by atoms with E-state index in [9.17, 15) is 18.0 Å². The van der Waals surface area contributed by atoms with Crippen LogP contribution in [0.2, 0.25) is 5.02 Å². The first kappa shape index (κ1) is 25.7. The van der Waals surface area contributed by atoms with Crippen molar-refractivity contribution in [3.63, 3.8) is 0 Å². The maximum absolute atomic E-state index is 13.6. The quantitative estimate of drug-likeness (QED) is 0.391. The van der Waals surface area contributed by atoms with E-state index in [-0.39, 0.29) is 23.0 Å². The van der Waals surface area contributed by atoms with Crippen LogP contribution in [0.5, 0.6) is 0 Å². The maximum atomic E-state index is 13.6. The van der Waals surface area contributed by atoms with Gasteiger partial charge in [0.05, 0.1) is 11.0 Å².